The van der Waals surface area contributed by atoms with E-state index in [-0.39, 0.29) is 16.6 Å². The first-order valence-corrected chi connectivity index (χ1v) is 14.6. The van der Waals surface area contributed by atoms with Crippen molar-refractivity contribution in [2.45, 2.75) is 66.2 Å². The van der Waals surface area contributed by atoms with Gasteiger partial charge in [-0.1, -0.05) is 77.9 Å². The number of aromatic hydroxyl groups is 1. The topological polar surface area (TPSA) is 50.9 Å². The molecule has 0 saturated heterocycles. The van der Waals surface area contributed by atoms with Gasteiger partial charge >= 0.3 is 0 Å². The lowest BCUT2D eigenvalue weighted by molar-refractivity contribution is 0.472. The molecule has 4 heteroatoms. The van der Waals surface area contributed by atoms with E-state index in [0.717, 1.165) is 56.1 Å². The molecule has 0 saturated carbocycles. The van der Waals surface area contributed by atoms with E-state index in [4.69, 9.17) is 9.97 Å². The number of phenols is 1. The Kier molecular flexibility index (Phi) is 6.49. The van der Waals surface area contributed by atoms with Crippen molar-refractivity contribution < 1.29 is 5.11 Å². The summed E-state index contributed by atoms with van der Waals surface area (Å²) in [6.45, 7) is 17.3. The van der Waals surface area contributed by atoms with Gasteiger partial charge in [-0.15, -0.1) is 0 Å². The molecule has 0 unspecified atom stereocenters. The molecule has 0 spiro atoms. The normalized spacial score (nSPS) is 12.4. The number of aromatic nitrogens is 3. The summed E-state index contributed by atoms with van der Waals surface area (Å²) >= 11 is 0. The molecule has 3 aromatic carbocycles. The number of rotatable bonds is 3. The highest BCUT2D eigenvalue weighted by atomic mass is 16.3. The lowest BCUT2D eigenvalue weighted by Crippen LogP contribution is -2.13. The molecule has 0 radical (unpaired) electrons. The lowest BCUT2D eigenvalue weighted by Gasteiger charge is -2.22. The smallest absolute Gasteiger partial charge is 0.138 e. The summed E-state index contributed by atoms with van der Waals surface area (Å²) in [7, 11) is 0. The quantitative estimate of drug-likeness (QED) is 0.237. The SMILES string of the molecule is Cc1cc(C)c(O)c(-c2cc(C(C)(C)C)cc(-n3c4ccccc4c4ccc(-c5cc(C(C)(C)C)ccn5)cc43)n2)c1. The van der Waals surface area contributed by atoms with Crippen LogP contribution in [-0.4, -0.2) is 19.6 Å². The van der Waals surface area contributed by atoms with Crippen molar-refractivity contribution >= 4 is 21.8 Å². The number of hydrogen-bond acceptors (Lipinski definition) is 3. The summed E-state index contributed by atoms with van der Waals surface area (Å²) in [5.41, 5.74) is 9.97. The minimum absolute atomic E-state index is 0.0319. The summed E-state index contributed by atoms with van der Waals surface area (Å²) in [6, 6.07) is 27.8. The fourth-order valence-electron chi connectivity index (χ4n) is 5.79. The van der Waals surface area contributed by atoms with Gasteiger partial charge in [0, 0.05) is 28.1 Å². The third kappa shape index (κ3) is 4.85. The summed E-state index contributed by atoms with van der Waals surface area (Å²) in [5, 5.41) is 13.5. The van der Waals surface area contributed by atoms with Crippen LogP contribution in [0.5, 0.6) is 5.75 Å². The Hall–Kier alpha value is -4.44. The van der Waals surface area contributed by atoms with Crippen molar-refractivity contribution in [2.24, 2.45) is 0 Å². The first-order valence-electron chi connectivity index (χ1n) is 14.6. The molecule has 0 atom stereocenters. The lowest BCUT2D eigenvalue weighted by atomic mass is 9.86. The van der Waals surface area contributed by atoms with E-state index in [1.54, 1.807) is 0 Å². The van der Waals surface area contributed by atoms with Gasteiger partial charge in [0.25, 0.3) is 0 Å². The molecule has 3 heterocycles. The van der Waals surface area contributed by atoms with Crippen molar-refractivity contribution in [2.75, 3.05) is 0 Å². The summed E-state index contributed by atoms with van der Waals surface area (Å²) < 4.78 is 2.26. The van der Waals surface area contributed by atoms with E-state index < -0.39 is 0 Å². The van der Waals surface area contributed by atoms with Crippen molar-refractivity contribution in [3.63, 3.8) is 0 Å². The maximum atomic E-state index is 11.1. The van der Waals surface area contributed by atoms with E-state index in [1.807, 2.05) is 25.3 Å². The number of pyridine rings is 2. The Balaban J connectivity index is 1.66. The molecule has 0 aliphatic carbocycles. The van der Waals surface area contributed by atoms with Gasteiger partial charge < -0.3 is 5.11 Å². The molecule has 0 bridgehead atoms. The van der Waals surface area contributed by atoms with Crippen LogP contribution < -0.4 is 0 Å². The highest BCUT2D eigenvalue weighted by Crippen LogP contribution is 2.39. The molecule has 42 heavy (non-hydrogen) atoms. The van der Waals surface area contributed by atoms with Gasteiger partial charge in [0.05, 0.1) is 22.4 Å². The third-order valence-corrected chi connectivity index (χ3v) is 8.22. The minimum Gasteiger partial charge on any atom is -0.507 e. The number of hydrogen-bond donors (Lipinski definition) is 1. The summed E-state index contributed by atoms with van der Waals surface area (Å²) in [4.78, 5) is 10.00. The van der Waals surface area contributed by atoms with E-state index >= 15 is 0 Å². The molecule has 212 valence electrons. The molecule has 4 nitrogen and oxygen atoms in total. The zero-order valence-electron chi connectivity index (χ0n) is 25.9. The Morgan fingerprint density at radius 3 is 2.10 bits per heavy atom. The van der Waals surface area contributed by atoms with Crippen LogP contribution in [0.25, 0.3) is 50.1 Å². The second-order valence-corrected chi connectivity index (χ2v) is 13.6. The third-order valence-electron chi connectivity index (χ3n) is 8.22. The predicted molar refractivity (Wildman–Crippen MR) is 176 cm³/mol. The second-order valence-electron chi connectivity index (χ2n) is 13.6. The van der Waals surface area contributed by atoms with Crippen LogP contribution in [0.3, 0.4) is 0 Å². The van der Waals surface area contributed by atoms with Crippen LogP contribution in [0, 0.1) is 13.8 Å². The van der Waals surface area contributed by atoms with E-state index in [2.05, 4.69) is 120 Å². The van der Waals surface area contributed by atoms with Crippen molar-refractivity contribution in [3.8, 4) is 34.1 Å². The van der Waals surface area contributed by atoms with Crippen LogP contribution >= 0.6 is 0 Å². The van der Waals surface area contributed by atoms with Gasteiger partial charge in [-0.25, -0.2) is 4.98 Å². The average Bonchev–Trinajstić information content (AvgIpc) is 3.27. The maximum absolute atomic E-state index is 11.1. The molecule has 0 aliphatic heterocycles. The highest BCUT2D eigenvalue weighted by Gasteiger charge is 2.22. The predicted octanol–water partition coefficient (Wildman–Crippen LogP) is 9.83. The molecule has 6 rings (SSSR count). The molecular weight excluding hydrogens is 514 g/mol. The van der Waals surface area contributed by atoms with Crippen LogP contribution in [0.4, 0.5) is 0 Å². The van der Waals surface area contributed by atoms with E-state index in [1.165, 1.54) is 16.3 Å². The fourth-order valence-corrected chi connectivity index (χ4v) is 5.79. The van der Waals surface area contributed by atoms with Crippen LogP contribution in [-0.2, 0) is 10.8 Å². The van der Waals surface area contributed by atoms with Crippen LogP contribution in [0.1, 0.15) is 63.8 Å². The number of benzene rings is 3. The Morgan fingerprint density at radius 1 is 0.667 bits per heavy atom. The maximum Gasteiger partial charge on any atom is 0.138 e. The monoisotopic (exact) mass is 553 g/mol. The number of para-hydroxylation sites is 1. The summed E-state index contributed by atoms with van der Waals surface area (Å²) in [5.74, 6) is 1.11. The van der Waals surface area contributed by atoms with Gasteiger partial charge in [-0.05, 0) is 89.4 Å². The van der Waals surface area contributed by atoms with E-state index in [0.29, 0.717) is 0 Å². The zero-order valence-corrected chi connectivity index (χ0v) is 25.9. The Labute approximate surface area is 248 Å². The zero-order chi connectivity index (χ0) is 30.0. The first kappa shape index (κ1) is 27.7. The van der Waals surface area contributed by atoms with Gasteiger partial charge in [0.1, 0.15) is 11.6 Å². The number of nitrogens with zero attached hydrogens (tertiary/aromatic N) is 3. The van der Waals surface area contributed by atoms with Crippen LogP contribution in [0.15, 0.2) is 85.1 Å². The molecule has 0 aliphatic rings. The summed E-state index contributed by atoms with van der Waals surface area (Å²) in [6.07, 6.45) is 1.91. The Bertz CT molecular complexity index is 1980. The largest absolute Gasteiger partial charge is 0.507 e. The Morgan fingerprint density at radius 2 is 1.36 bits per heavy atom. The molecular formula is C38H39N3O. The van der Waals surface area contributed by atoms with Crippen molar-refractivity contribution in [3.05, 3.63) is 107 Å². The fraction of sp³-hybridized carbons (Fsp3) is 0.263. The molecule has 3 aromatic heterocycles. The highest BCUT2D eigenvalue weighted by molar-refractivity contribution is 6.10. The minimum atomic E-state index is -0.123. The van der Waals surface area contributed by atoms with Gasteiger partial charge in [-0.3, -0.25) is 9.55 Å². The number of phenolic OH excluding ortho intramolecular Hbond substituents is 1. The molecule has 0 amide bonds. The first-order chi connectivity index (χ1) is 19.8. The van der Waals surface area contributed by atoms with Gasteiger partial charge in [-0.2, -0.15) is 0 Å². The number of fused-ring (bicyclic) bond motifs is 3. The van der Waals surface area contributed by atoms with E-state index in [9.17, 15) is 5.11 Å². The second kappa shape index (κ2) is 9.84. The molecule has 6 aromatic rings. The van der Waals surface area contributed by atoms with Crippen LogP contribution in [0.2, 0.25) is 0 Å². The van der Waals surface area contributed by atoms with Crippen molar-refractivity contribution in [1.29, 1.82) is 0 Å². The molecule has 1 N–H and O–H groups in total. The standard InChI is InChI=1S/C38H39N3O/c1-23-17-24(2)36(42)30(18-23)32-21-27(38(6,7)8)22-35(40-32)41-33-12-10-9-11-28(33)29-14-13-25(19-34(29)41)31-20-26(15-16-39-31)37(3,4)5/h9-22,42H,1-8H3. The average molecular weight is 554 g/mol. The van der Waals surface area contributed by atoms with Gasteiger partial charge in [0.15, 0.2) is 0 Å². The number of aryl methyl sites for hydroxylation is 2. The van der Waals surface area contributed by atoms with Gasteiger partial charge in [0.2, 0.25) is 0 Å². The molecule has 0 fully saturated rings. The van der Waals surface area contributed by atoms with Crippen molar-refractivity contribution in [1.82, 2.24) is 14.5 Å².